The van der Waals surface area contributed by atoms with Crippen LogP contribution in [0.15, 0.2) is 71.8 Å². The molecule has 2 aliphatic heterocycles. The number of halogens is 4. The first-order chi connectivity index (χ1) is 18.3. The molecule has 202 valence electrons. The van der Waals surface area contributed by atoms with Gasteiger partial charge in [-0.05, 0) is 73.0 Å². The Kier molecular flexibility index (Phi) is 7.97. The van der Waals surface area contributed by atoms with Gasteiger partial charge in [0.25, 0.3) is 0 Å². The largest absolute Gasteiger partial charge is 0.457 e. The molecule has 2 aromatic carbocycles. The third-order valence-corrected chi connectivity index (χ3v) is 7.32. The summed E-state index contributed by atoms with van der Waals surface area (Å²) in [5.41, 5.74) is 0.814. The van der Waals surface area contributed by atoms with Gasteiger partial charge in [-0.15, -0.1) is 0 Å². The molecule has 6 nitrogen and oxygen atoms in total. The average molecular weight is 547 g/mol. The molecule has 3 aliphatic rings. The Bertz CT molecular complexity index is 1190. The fourth-order valence-electron chi connectivity index (χ4n) is 5.01. The van der Waals surface area contributed by atoms with Gasteiger partial charge in [0.1, 0.15) is 11.5 Å². The molecule has 0 radical (unpaired) electrons. The van der Waals surface area contributed by atoms with Crippen LogP contribution in [0.2, 0.25) is 5.02 Å². The summed E-state index contributed by atoms with van der Waals surface area (Å²) in [5, 5.41) is 9.60. The highest BCUT2D eigenvalue weighted by molar-refractivity contribution is 6.30. The molecule has 0 spiro atoms. The van der Waals surface area contributed by atoms with Crippen molar-refractivity contribution in [3.63, 3.8) is 0 Å². The minimum Gasteiger partial charge on any atom is -0.457 e. The summed E-state index contributed by atoms with van der Waals surface area (Å²) < 4.78 is 52.0. The number of hydrogen-bond donors (Lipinski definition) is 1. The molecule has 0 saturated carbocycles. The summed E-state index contributed by atoms with van der Waals surface area (Å²) in [6, 6.07) is 13.9. The van der Waals surface area contributed by atoms with Gasteiger partial charge in [-0.1, -0.05) is 17.7 Å². The van der Waals surface area contributed by atoms with E-state index in [2.05, 4.69) is 4.90 Å². The van der Waals surface area contributed by atoms with Crippen LogP contribution < -0.4 is 9.64 Å². The van der Waals surface area contributed by atoms with Gasteiger partial charge in [0.15, 0.2) is 5.96 Å². The molecule has 10 heteroatoms. The van der Waals surface area contributed by atoms with Crippen molar-refractivity contribution in [2.75, 3.05) is 50.8 Å². The second-order valence-electron chi connectivity index (χ2n) is 9.57. The molecular weight excluding hydrogens is 517 g/mol. The van der Waals surface area contributed by atoms with Gasteiger partial charge in [-0.25, -0.2) is 0 Å². The molecule has 1 unspecified atom stereocenters. The number of alkyl halides is 3. The van der Waals surface area contributed by atoms with Crippen LogP contribution in [-0.4, -0.2) is 73.9 Å². The molecule has 1 aliphatic carbocycles. The molecule has 2 aromatic rings. The van der Waals surface area contributed by atoms with Gasteiger partial charge in [0.2, 0.25) is 0 Å². The lowest BCUT2D eigenvalue weighted by atomic mass is 9.94. The average Bonchev–Trinajstić information content (AvgIpc) is 3.25. The topological polar surface area (TPSA) is 52.0 Å². The van der Waals surface area contributed by atoms with E-state index in [1.165, 1.54) is 6.08 Å². The maximum absolute atomic E-state index is 13.5. The number of hydrogen-bond acceptors (Lipinski definition) is 4. The van der Waals surface area contributed by atoms with E-state index >= 15 is 0 Å². The summed E-state index contributed by atoms with van der Waals surface area (Å²) in [7, 11) is 0. The molecule has 0 aromatic heterocycles. The molecule has 1 atom stereocenters. The third kappa shape index (κ3) is 6.17. The molecule has 1 N–H and O–H groups in total. The van der Waals surface area contributed by atoms with Crippen molar-refractivity contribution in [2.45, 2.75) is 25.1 Å². The van der Waals surface area contributed by atoms with Crippen LogP contribution in [0.5, 0.6) is 11.5 Å². The normalized spacial score (nSPS) is 20.9. The number of allylic oxidation sites excluding steroid dienone is 2. The Balaban J connectivity index is 1.37. The van der Waals surface area contributed by atoms with E-state index in [0.29, 0.717) is 54.8 Å². The van der Waals surface area contributed by atoms with Crippen molar-refractivity contribution in [3.05, 3.63) is 76.9 Å². The third-order valence-electron chi connectivity index (χ3n) is 7.07. The second-order valence-corrected chi connectivity index (χ2v) is 10.0. The van der Waals surface area contributed by atoms with Gasteiger partial charge in [0, 0.05) is 49.0 Å². The van der Waals surface area contributed by atoms with Crippen molar-refractivity contribution in [1.82, 2.24) is 9.80 Å². The molecule has 2 saturated heterocycles. The Morgan fingerprint density at radius 3 is 2.29 bits per heavy atom. The number of guanidine groups is 1. The van der Waals surface area contributed by atoms with E-state index in [0.717, 1.165) is 25.3 Å². The fraction of sp³-hybridized carbons (Fsp3) is 0.393. The van der Waals surface area contributed by atoms with Crippen LogP contribution in [-0.2, 0) is 4.74 Å². The minimum absolute atomic E-state index is 0.0192. The highest BCUT2D eigenvalue weighted by Crippen LogP contribution is 2.37. The lowest BCUT2D eigenvalue weighted by molar-refractivity contribution is -0.0941. The van der Waals surface area contributed by atoms with Gasteiger partial charge in [-0.3, -0.25) is 10.3 Å². The van der Waals surface area contributed by atoms with Crippen LogP contribution in [0.3, 0.4) is 0 Å². The zero-order valence-electron chi connectivity index (χ0n) is 20.9. The van der Waals surface area contributed by atoms with Crippen molar-refractivity contribution in [3.8, 4) is 11.5 Å². The summed E-state index contributed by atoms with van der Waals surface area (Å²) in [5.74, 6) is 1.53. The molecule has 2 heterocycles. The number of nitrogens with one attached hydrogen (secondary N) is 1. The lowest BCUT2D eigenvalue weighted by Gasteiger charge is -2.29. The quantitative estimate of drug-likeness (QED) is 0.455. The molecule has 0 bridgehead atoms. The predicted octanol–water partition coefficient (Wildman–Crippen LogP) is 6.10. The van der Waals surface area contributed by atoms with E-state index < -0.39 is 17.8 Å². The van der Waals surface area contributed by atoms with Gasteiger partial charge in [-0.2, -0.15) is 13.2 Å². The monoisotopic (exact) mass is 546 g/mol. The van der Waals surface area contributed by atoms with Crippen LogP contribution in [0.25, 0.3) is 0 Å². The first-order valence-corrected chi connectivity index (χ1v) is 13.1. The summed E-state index contributed by atoms with van der Waals surface area (Å²) in [6.07, 6.45) is -0.886. The smallest absolute Gasteiger partial charge is 0.412 e. The Morgan fingerprint density at radius 1 is 0.974 bits per heavy atom. The van der Waals surface area contributed by atoms with Crippen LogP contribution in [0, 0.1) is 5.41 Å². The van der Waals surface area contributed by atoms with E-state index in [9.17, 15) is 13.2 Å². The molecule has 2 fully saturated rings. The summed E-state index contributed by atoms with van der Waals surface area (Å²) in [6.45, 7) is 4.89. The molecule has 5 rings (SSSR count). The standard InChI is InChI=1S/C28H30ClF3N4O2/c29-22-4-8-24(9-5-22)38-25-10-6-23(7-11-25)36-26(20-2-1-3-21(18-20)28(30,31)32)19-35(27(36)33)13-12-34-14-16-37-17-15-34/h2,4-11,18,26,33H,1,3,12-17,19H2. The first kappa shape index (κ1) is 26.6. The van der Waals surface area contributed by atoms with E-state index in [-0.39, 0.29) is 12.4 Å². The number of morpholine rings is 1. The van der Waals surface area contributed by atoms with Crippen molar-refractivity contribution < 1.29 is 22.6 Å². The highest BCUT2D eigenvalue weighted by Gasteiger charge is 2.40. The maximum Gasteiger partial charge on any atom is 0.412 e. The zero-order valence-corrected chi connectivity index (χ0v) is 21.6. The van der Waals surface area contributed by atoms with Crippen LogP contribution in [0.4, 0.5) is 18.9 Å². The highest BCUT2D eigenvalue weighted by atomic mass is 35.5. The van der Waals surface area contributed by atoms with Crippen molar-refractivity contribution in [1.29, 1.82) is 5.41 Å². The van der Waals surface area contributed by atoms with Crippen LogP contribution >= 0.6 is 11.6 Å². The Labute approximate surface area is 225 Å². The lowest BCUT2D eigenvalue weighted by Crippen LogP contribution is -2.42. The fourth-order valence-corrected chi connectivity index (χ4v) is 5.14. The van der Waals surface area contributed by atoms with E-state index in [1.807, 2.05) is 28.0 Å². The number of rotatable bonds is 7. The summed E-state index contributed by atoms with van der Waals surface area (Å²) >= 11 is 5.95. The number of benzene rings is 2. The number of ether oxygens (including phenoxy) is 2. The number of anilines is 1. The van der Waals surface area contributed by atoms with E-state index in [1.54, 1.807) is 36.4 Å². The maximum atomic E-state index is 13.5. The second kappa shape index (κ2) is 11.4. The van der Waals surface area contributed by atoms with E-state index in [4.69, 9.17) is 26.5 Å². The van der Waals surface area contributed by atoms with Gasteiger partial charge < -0.3 is 19.3 Å². The Hall–Kier alpha value is -3.01. The van der Waals surface area contributed by atoms with Crippen LogP contribution in [0.1, 0.15) is 12.8 Å². The zero-order chi connectivity index (χ0) is 26.7. The number of nitrogens with zero attached hydrogens (tertiary/aromatic N) is 3. The van der Waals surface area contributed by atoms with Crippen molar-refractivity contribution >= 4 is 23.2 Å². The SMILES string of the molecule is N=C1N(CCN2CCOCC2)CC(C2=CCCC(C(F)(F)F)=C2)N1c1ccc(Oc2ccc(Cl)cc2)cc1. The summed E-state index contributed by atoms with van der Waals surface area (Å²) in [4.78, 5) is 6.07. The molecular formula is C28H30ClF3N4O2. The van der Waals surface area contributed by atoms with Gasteiger partial charge >= 0.3 is 6.18 Å². The molecule has 0 amide bonds. The Morgan fingerprint density at radius 2 is 1.63 bits per heavy atom. The first-order valence-electron chi connectivity index (χ1n) is 12.7. The van der Waals surface area contributed by atoms with Crippen molar-refractivity contribution in [2.24, 2.45) is 0 Å². The minimum atomic E-state index is -4.35. The molecule has 38 heavy (non-hydrogen) atoms. The predicted molar refractivity (Wildman–Crippen MR) is 142 cm³/mol. The van der Waals surface area contributed by atoms with Gasteiger partial charge in [0.05, 0.1) is 19.3 Å².